The molecule has 2 aromatic rings. The van der Waals surface area contributed by atoms with Crippen molar-refractivity contribution >= 4 is 18.3 Å². The summed E-state index contributed by atoms with van der Waals surface area (Å²) < 4.78 is 1.82. The van der Waals surface area contributed by atoms with Crippen LogP contribution in [-0.4, -0.2) is 67.6 Å². The van der Waals surface area contributed by atoms with E-state index in [1.807, 2.05) is 32.6 Å². The molecule has 2 fully saturated rings. The average molecular weight is 399 g/mol. The van der Waals surface area contributed by atoms with Crippen molar-refractivity contribution in [1.29, 1.82) is 0 Å². The van der Waals surface area contributed by atoms with Crippen molar-refractivity contribution < 1.29 is 19.5 Å². The quantitative estimate of drug-likeness (QED) is 0.770. The van der Waals surface area contributed by atoms with Gasteiger partial charge in [-0.05, 0) is 5.56 Å². The predicted molar refractivity (Wildman–Crippen MR) is 103 cm³/mol. The summed E-state index contributed by atoms with van der Waals surface area (Å²) in [5.74, 6) is 0.927. The van der Waals surface area contributed by atoms with Crippen LogP contribution >= 0.6 is 0 Å². The predicted octanol–water partition coefficient (Wildman–Crippen LogP) is 1.05. The molecule has 0 bridgehead atoms. The standard InChI is InChI=1S/C19H23N5O2.CH2O2/c1-14(25)24-10-16-9-23(18(26)7-8-22-12-20-21-13-22)11-17(16)19(24)15-5-3-2-4-6-15;2-1-3/h2-6,12-13,16-17,19H,7-11H2,1H3;1H,(H,2,3)/t16-,17-,19-;/m1./s1. The van der Waals surface area contributed by atoms with Crippen molar-refractivity contribution in [2.75, 3.05) is 19.6 Å². The molecular weight excluding hydrogens is 374 g/mol. The molecule has 0 aliphatic carbocycles. The molecule has 1 aromatic carbocycles. The van der Waals surface area contributed by atoms with Crippen LogP contribution in [0.15, 0.2) is 43.0 Å². The van der Waals surface area contributed by atoms with E-state index < -0.39 is 0 Å². The zero-order chi connectivity index (χ0) is 20.8. The minimum Gasteiger partial charge on any atom is -0.483 e. The second kappa shape index (κ2) is 9.31. The number of aryl methyl sites for hydroxylation is 1. The van der Waals surface area contributed by atoms with Gasteiger partial charge >= 0.3 is 0 Å². The monoisotopic (exact) mass is 399 g/mol. The fourth-order valence-electron chi connectivity index (χ4n) is 4.37. The SMILES string of the molecule is CC(=O)N1C[C@H]2CN(C(=O)CCn3cnnc3)C[C@H]2[C@H]1c1ccccc1.O=CO. The summed E-state index contributed by atoms with van der Waals surface area (Å²) in [5.41, 5.74) is 1.16. The van der Waals surface area contributed by atoms with Crippen molar-refractivity contribution in [3.05, 3.63) is 48.5 Å². The number of amides is 2. The number of likely N-dealkylation sites (tertiary alicyclic amines) is 2. The molecule has 1 N–H and O–H groups in total. The Hall–Kier alpha value is -3.23. The summed E-state index contributed by atoms with van der Waals surface area (Å²) >= 11 is 0. The van der Waals surface area contributed by atoms with Crippen LogP contribution in [0, 0.1) is 11.8 Å². The lowest BCUT2D eigenvalue weighted by molar-refractivity contribution is -0.132. The number of carbonyl (C=O) groups excluding carboxylic acids is 2. The van der Waals surface area contributed by atoms with Gasteiger partial charge in [0.1, 0.15) is 12.7 Å². The second-order valence-corrected chi connectivity index (χ2v) is 7.30. The molecule has 2 amide bonds. The van der Waals surface area contributed by atoms with Crippen molar-refractivity contribution in [1.82, 2.24) is 24.6 Å². The Kier molecular flexibility index (Phi) is 6.58. The first-order valence-corrected chi connectivity index (χ1v) is 9.55. The van der Waals surface area contributed by atoms with Crippen LogP contribution < -0.4 is 0 Å². The number of carboxylic acid groups (broad SMARTS) is 1. The Labute approximate surface area is 168 Å². The maximum Gasteiger partial charge on any atom is 0.290 e. The van der Waals surface area contributed by atoms with Gasteiger partial charge in [0.25, 0.3) is 6.47 Å². The number of nitrogens with zero attached hydrogens (tertiary/aromatic N) is 5. The van der Waals surface area contributed by atoms with Gasteiger partial charge in [-0.2, -0.15) is 0 Å². The van der Waals surface area contributed by atoms with Gasteiger partial charge in [-0.3, -0.25) is 14.4 Å². The van der Waals surface area contributed by atoms with Gasteiger partial charge < -0.3 is 19.5 Å². The van der Waals surface area contributed by atoms with E-state index in [1.165, 1.54) is 0 Å². The van der Waals surface area contributed by atoms with Gasteiger partial charge in [0.2, 0.25) is 11.8 Å². The van der Waals surface area contributed by atoms with Crippen LogP contribution in [0.2, 0.25) is 0 Å². The van der Waals surface area contributed by atoms with E-state index >= 15 is 0 Å². The summed E-state index contributed by atoms with van der Waals surface area (Å²) in [5, 5.41) is 14.4. The number of carbonyl (C=O) groups is 3. The Morgan fingerprint density at radius 2 is 1.79 bits per heavy atom. The Morgan fingerprint density at radius 3 is 2.41 bits per heavy atom. The van der Waals surface area contributed by atoms with E-state index in [0.29, 0.717) is 24.8 Å². The molecule has 0 saturated carbocycles. The highest BCUT2D eigenvalue weighted by molar-refractivity contribution is 5.77. The number of hydrogen-bond donors (Lipinski definition) is 1. The second-order valence-electron chi connectivity index (χ2n) is 7.30. The topological polar surface area (TPSA) is 109 Å². The first-order valence-electron chi connectivity index (χ1n) is 9.55. The van der Waals surface area contributed by atoms with Gasteiger partial charge in [-0.1, -0.05) is 30.3 Å². The molecular formula is C20H25N5O4. The lowest BCUT2D eigenvalue weighted by atomic mass is 9.89. The van der Waals surface area contributed by atoms with Gasteiger partial charge in [0.15, 0.2) is 0 Å². The molecule has 3 heterocycles. The van der Waals surface area contributed by atoms with Gasteiger partial charge in [-0.25, -0.2) is 0 Å². The Bertz CT molecular complexity index is 827. The number of benzene rings is 1. The molecule has 0 unspecified atom stereocenters. The maximum atomic E-state index is 12.6. The molecule has 1 aromatic heterocycles. The molecule has 0 radical (unpaired) electrons. The fourth-order valence-corrected chi connectivity index (χ4v) is 4.37. The Morgan fingerprint density at radius 1 is 1.14 bits per heavy atom. The van der Waals surface area contributed by atoms with Crippen LogP contribution in [0.3, 0.4) is 0 Å². The van der Waals surface area contributed by atoms with Crippen LogP contribution in [0.5, 0.6) is 0 Å². The molecule has 29 heavy (non-hydrogen) atoms. The highest BCUT2D eigenvalue weighted by Gasteiger charge is 2.49. The smallest absolute Gasteiger partial charge is 0.290 e. The number of rotatable bonds is 4. The third-order valence-corrected chi connectivity index (χ3v) is 5.61. The fraction of sp³-hybridized carbons (Fsp3) is 0.450. The summed E-state index contributed by atoms with van der Waals surface area (Å²) in [6.07, 6.45) is 3.70. The van der Waals surface area contributed by atoms with Crippen LogP contribution in [-0.2, 0) is 20.9 Å². The van der Waals surface area contributed by atoms with E-state index in [2.05, 4.69) is 22.3 Å². The minimum absolute atomic E-state index is 0.0642. The molecule has 2 aliphatic heterocycles. The van der Waals surface area contributed by atoms with E-state index in [9.17, 15) is 9.59 Å². The van der Waals surface area contributed by atoms with Crippen LogP contribution in [0.4, 0.5) is 0 Å². The lowest BCUT2D eigenvalue weighted by Gasteiger charge is -2.29. The zero-order valence-electron chi connectivity index (χ0n) is 16.3. The molecule has 4 rings (SSSR count). The number of aromatic nitrogens is 3. The van der Waals surface area contributed by atoms with Crippen molar-refractivity contribution in [3.63, 3.8) is 0 Å². The molecule has 0 spiro atoms. The van der Waals surface area contributed by atoms with Crippen molar-refractivity contribution in [2.45, 2.75) is 25.9 Å². The van der Waals surface area contributed by atoms with Crippen LogP contribution in [0.1, 0.15) is 24.9 Å². The summed E-state index contributed by atoms with van der Waals surface area (Å²) in [4.78, 5) is 37.1. The van der Waals surface area contributed by atoms with E-state index in [4.69, 9.17) is 9.90 Å². The minimum atomic E-state index is -0.250. The maximum absolute atomic E-state index is 12.6. The number of hydrogen-bond acceptors (Lipinski definition) is 5. The summed E-state index contributed by atoms with van der Waals surface area (Å²) in [7, 11) is 0. The Balaban J connectivity index is 0.000000755. The zero-order valence-corrected chi connectivity index (χ0v) is 16.3. The van der Waals surface area contributed by atoms with Crippen molar-refractivity contribution in [3.8, 4) is 0 Å². The van der Waals surface area contributed by atoms with Gasteiger partial charge in [-0.15, -0.1) is 10.2 Å². The molecule has 9 nitrogen and oxygen atoms in total. The summed E-state index contributed by atoms with van der Waals surface area (Å²) in [6.45, 7) is 4.17. The highest BCUT2D eigenvalue weighted by atomic mass is 16.3. The number of fused-ring (bicyclic) bond motifs is 1. The van der Waals surface area contributed by atoms with Gasteiger partial charge in [0.05, 0.1) is 6.04 Å². The van der Waals surface area contributed by atoms with E-state index in [-0.39, 0.29) is 24.3 Å². The largest absolute Gasteiger partial charge is 0.483 e. The third-order valence-electron chi connectivity index (χ3n) is 5.61. The molecule has 2 saturated heterocycles. The normalized spacial score (nSPS) is 22.6. The highest BCUT2D eigenvalue weighted by Crippen LogP contribution is 2.45. The van der Waals surface area contributed by atoms with Gasteiger partial charge in [0, 0.05) is 51.4 Å². The van der Waals surface area contributed by atoms with Crippen molar-refractivity contribution in [2.24, 2.45) is 11.8 Å². The van der Waals surface area contributed by atoms with E-state index in [0.717, 1.165) is 25.2 Å². The average Bonchev–Trinajstić information content (AvgIpc) is 3.43. The molecule has 154 valence electrons. The molecule has 2 aliphatic rings. The first kappa shape index (κ1) is 20.5. The lowest BCUT2D eigenvalue weighted by Crippen LogP contribution is -2.36. The van der Waals surface area contributed by atoms with E-state index in [1.54, 1.807) is 19.6 Å². The molecule has 9 heteroatoms. The van der Waals surface area contributed by atoms with Crippen LogP contribution in [0.25, 0.3) is 0 Å². The third kappa shape index (κ3) is 4.61. The summed E-state index contributed by atoms with van der Waals surface area (Å²) in [6, 6.07) is 10.2. The first-order chi connectivity index (χ1) is 14.0. The molecule has 3 atom stereocenters.